The summed E-state index contributed by atoms with van der Waals surface area (Å²) in [6.45, 7) is 7.53. The summed E-state index contributed by atoms with van der Waals surface area (Å²) >= 11 is 1.17. The summed E-state index contributed by atoms with van der Waals surface area (Å²) in [4.78, 5) is 72.0. The maximum Gasteiger partial charge on any atom is 0.258 e. The SMILES string of the molecule is COc1ccc(OCC(=O)N[C@@H](C(=O)N[C@H](CC(C)C)C(=O)N[C@H](C[C@H]2CCNC2=O)C(=O)c2ncc(-c3ccccc3OC)s2)C(C)C)cc1. The average molecular weight is 722 g/mol. The molecule has 3 aromatic rings. The van der Waals surface area contributed by atoms with E-state index in [-0.39, 0.29) is 42.2 Å². The number of benzene rings is 2. The number of aromatic nitrogens is 1. The Morgan fingerprint density at radius 3 is 2.22 bits per heavy atom. The second-order valence-corrected chi connectivity index (χ2v) is 14.1. The van der Waals surface area contributed by atoms with Crippen molar-refractivity contribution in [2.45, 2.75) is 65.1 Å². The van der Waals surface area contributed by atoms with Gasteiger partial charge >= 0.3 is 0 Å². The molecule has 1 saturated heterocycles. The van der Waals surface area contributed by atoms with Crippen LogP contribution < -0.4 is 35.5 Å². The highest BCUT2D eigenvalue weighted by Gasteiger charge is 2.36. The summed E-state index contributed by atoms with van der Waals surface area (Å²) in [5.74, 6) is -1.35. The summed E-state index contributed by atoms with van der Waals surface area (Å²) in [6, 6.07) is 11.0. The zero-order valence-electron chi connectivity index (χ0n) is 29.8. The highest BCUT2D eigenvalue weighted by atomic mass is 32.1. The fourth-order valence-electron chi connectivity index (χ4n) is 5.70. The predicted molar refractivity (Wildman–Crippen MR) is 193 cm³/mol. The van der Waals surface area contributed by atoms with E-state index in [2.05, 4.69) is 26.3 Å². The number of carbonyl (C=O) groups excluding carboxylic acids is 5. The van der Waals surface area contributed by atoms with E-state index in [0.29, 0.717) is 35.1 Å². The number of nitrogens with one attached hydrogen (secondary N) is 4. The molecule has 274 valence electrons. The minimum atomic E-state index is -1.08. The van der Waals surface area contributed by atoms with Crippen molar-refractivity contribution >= 4 is 40.7 Å². The molecule has 1 aromatic heterocycles. The third kappa shape index (κ3) is 10.8. The summed E-state index contributed by atoms with van der Waals surface area (Å²) in [5.41, 5.74) is 0.770. The van der Waals surface area contributed by atoms with Crippen molar-refractivity contribution in [3.05, 3.63) is 59.7 Å². The van der Waals surface area contributed by atoms with Crippen molar-refractivity contribution in [1.82, 2.24) is 26.3 Å². The molecule has 0 saturated carbocycles. The zero-order chi connectivity index (χ0) is 37.1. The number of ketones is 1. The van der Waals surface area contributed by atoms with Gasteiger partial charge < -0.3 is 35.5 Å². The summed E-state index contributed by atoms with van der Waals surface area (Å²) in [5, 5.41) is 11.3. The number of Topliss-reactive ketones (excluding diaryl/α,β-unsaturated/α-hetero) is 1. The van der Waals surface area contributed by atoms with Gasteiger partial charge in [0.1, 0.15) is 29.3 Å². The lowest BCUT2D eigenvalue weighted by atomic mass is 9.94. The van der Waals surface area contributed by atoms with E-state index in [4.69, 9.17) is 14.2 Å². The van der Waals surface area contributed by atoms with E-state index in [9.17, 15) is 24.0 Å². The number of ether oxygens (including phenoxy) is 3. The minimum absolute atomic E-state index is 0.0110. The molecule has 0 radical (unpaired) electrons. The summed E-state index contributed by atoms with van der Waals surface area (Å²) in [7, 11) is 3.11. The highest BCUT2D eigenvalue weighted by molar-refractivity contribution is 7.17. The zero-order valence-corrected chi connectivity index (χ0v) is 30.6. The predicted octanol–water partition coefficient (Wildman–Crippen LogP) is 3.77. The van der Waals surface area contributed by atoms with Gasteiger partial charge in [0.2, 0.25) is 23.5 Å². The van der Waals surface area contributed by atoms with Crippen LogP contribution in [0.15, 0.2) is 54.7 Å². The van der Waals surface area contributed by atoms with E-state index >= 15 is 0 Å². The largest absolute Gasteiger partial charge is 0.497 e. The number of hydrogen-bond acceptors (Lipinski definition) is 10. The second-order valence-electron chi connectivity index (χ2n) is 13.1. The number of rotatable bonds is 18. The summed E-state index contributed by atoms with van der Waals surface area (Å²) < 4.78 is 16.2. The molecule has 4 N–H and O–H groups in total. The lowest BCUT2D eigenvalue weighted by Gasteiger charge is -2.27. The normalized spacial score (nSPS) is 15.8. The van der Waals surface area contributed by atoms with Crippen molar-refractivity contribution < 1.29 is 38.2 Å². The van der Waals surface area contributed by atoms with Gasteiger partial charge in [0.25, 0.3) is 5.91 Å². The molecule has 4 amide bonds. The average Bonchev–Trinajstić information content (AvgIpc) is 3.77. The number of carbonyl (C=O) groups is 5. The molecule has 1 aliphatic heterocycles. The van der Waals surface area contributed by atoms with Crippen LogP contribution in [0.25, 0.3) is 10.4 Å². The second kappa shape index (κ2) is 18.3. The molecule has 2 aromatic carbocycles. The first-order valence-corrected chi connectivity index (χ1v) is 17.8. The molecular weight excluding hydrogens is 675 g/mol. The molecule has 0 bridgehead atoms. The van der Waals surface area contributed by atoms with Crippen molar-refractivity contribution in [1.29, 1.82) is 0 Å². The van der Waals surface area contributed by atoms with Crippen LogP contribution in [-0.2, 0) is 19.2 Å². The first kappa shape index (κ1) is 38.8. The van der Waals surface area contributed by atoms with E-state index in [0.717, 1.165) is 5.56 Å². The third-order valence-electron chi connectivity index (χ3n) is 8.44. The van der Waals surface area contributed by atoms with Crippen molar-refractivity contribution in [3.8, 4) is 27.7 Å². The third-order valence-corrected chi connectivity index (χ3v) is 9.49. The Balaban J connectivity index is 1.48. The Bertz CT molecular complexity index is 1670. The Morgan fingerprint density at radius 1 is 0.902 bits per heavy atom. The van der Waals surface area contributed by atoms with Crippen LogP contribution in [0.2, 0.25) is 0 Å². The smallest absolute Gasteiger partial charge is 0.258 e. The van der Waals surface area contributed by atoms with Crippen molar-refractivity contribution in [3.63, 3.8) is 0 Å². The standard InChI is InChI=1S/C37H47N5O8S/c1-21(2)17-28(41-36(47)32(22(3)4)42-31(43)20-50-25-13-11-24(48-5)12-14-25)35(46)40-27(18-23-15-16-38-34(23)45)33(44)37-39-19-30(51-37)26-9-7-8-10-29(26)49-6/h7-14,19,21-23,27-28,32H,15-18,20H2,1-6H3,(H,38,45)(H,40,46)(H,41,47)(H,42,43)/t23-,27-,28-,32-/m1/s1. The molecule has 4 atom stereocenters. The lowest BCUT2D eigenvalue weighted by Crippen LogP contribution is -2.57. The molecule has 51 heavy (non-hydrogen) atoms. The quantitative estimate of drug-likeness (QED) is 0.143. The van der Waals surface area contributed by atoms with Crippen LogP contribution in [0.3, 0.4) is 0 Å². The van der Waals surface area contributed by atoms with E-state index in [1.54, 1.807) is 58.5 Å². The lowest BCUT2D eigenvalue weighted by molar-refractivity contribution is -0.134. The number of amides is 4. The molecule has 2 heterocycles. The van der Waals surface area contributed by atoms with Crippen molar-refractivity contribution in [2.75, 3.05) is 27.4 Å². The van der Waals surface area contributed by atoms with E-state index < -0.39 is 47.5 Å². The van der Waals surface area contributed by atoms with Crippen LogP contribution >= 0.6 is 11.3 Å². The van der Waals surface area contributed by atoms with Gasteiger partial charge in [-0.15, -0.1) is 11.3 Å². The Hall–Kier alpha value is -4.98. The molecule has 1 aliphatic rings. The van der Waals surface area contributed by atoms with E-state index in [1.807, 2.05) is 38.1 Å². The monoisotopic (exact) mass is 721 g/mol. The highest BCUT2D eigenvalue weighted by Crippen LogP contribution is 2.34. The van der Waals surface area contributed by atoms with Gasteiger partial charge in [0, 0.05) is 24.2 Å². The Morgan fingerprint density at radius 2 is 1.59 bits per heavy atom. The molecular formula is C37H47N5O8S. The van der Waals surface area contributed by atoms with Gasteiger partial charge in [-0.3, -0.25) is 24.0 Å². The topological polar surface area (TPSA) is 174 Å². The maximum atomic E-state index is 14.0. The Labute approximate surface area is 302 Å². The Kier molecular flexibility index (Phi) is 13.9. The van der Waals surface area contributed by atoms with Crippen LogP contribution in [0, 0.1) is 17.8 Å². The molecule has 14 heteroatoms. The van der Waals surface area contributed by atoms with Gasteiger partial charge in [-0.1, -0.05) is 39.8 Å². The number of hydrogen-bond donors (Lipinski definition) is 4. The maximum absolute atomic E-state index is 14.0. The van der Waals surface area contributed by atoms with Gasteiger partial charge in [0.15, 0.2) is 11.6 Å². The number of thiazole rings is 1. The number of methoxy groups -OCH3 is 2. The fraction of sp³-hybridized carbons (Fsp3) is 0.459. The van der Waals surface area contributed by atoms with Gasteiger partial charge in [-0.2, -0.15) is 0 Å². The number of nitrogens with zero attached hydrogens (tertiary/aromatic N) is 1. The van der Waals surface area contributed by atoms with Crippen LogP contribution in [0.1, 0.15) is 56.8 Å². The van der Waals surface area contributed by atoms with Gasteiger partial charge in [-0.25, -0.2) is 4.98 Å². The summed E-state index contributed by atoms with van der Waals surface area (Å²) in [6.07, 6.45) is 2.44. The van der Waals surface area contributed by atoms with Crippen molar-refractivity contribution in [2.24, 2.45) is 17.8 Å². The molecule has 0 aliphatic carbocycles. The fourth-order valence-corrected chi connectivity index (χ4v) is 6.64. The van der Waals surface area contributed by atoms with Crippen LogP contribution in [0.4, 0.5) is 0 Å². The first-order valence-electron chi connectivity index (χ1n) is 17.0. The minimum Gasteiger partial charge on any atom is -0.497 e. The van der Waals surface area contributed by atoms with E-state index in [1.165, 1.54) is 11.3 Å². The van der Waals surface area contributed by atoms with Gasteiger partial charge in [-0.05, 0) is 67.5 Å². The molecule has 1 fully saturated rings. The van der Waals surface area contributed by atoms with Gasteiger partial charge in [0.05, 0.1) is 25.1 Å². The van der Waals surface area contributed by atoms with Crippen LogP contribution in [0.5, 0.6) is 17.2 Å². The molecule has 0 spiro atoms. The molecule has 0 unspecified atom stereocenters. The van der Waals surface area contributed by atoms with Crippen LogP contribution in [-0.4, -0.2) is 79.9 Å². The molecule has 13 nitrogen and oxygen atoms in total. The number of para-hydroxylation sites is 1. The first-order chi connectivity index (χ1) is 24.4. The molecule has 4 rings (SSSR count).